The molecular formula is C8H12O. The van der Waals surface area contributed by atoms with Gasteiger partial charge in [0.15, 0.2) is 5.78 Å². The van der Waals surface area contributed by atoms with Crippen molar-refractivity contribution in [2.24, 2.45) is 0 Å². The highest BCUT2D eigenvalue weighted by atomic mass is 16.1. The van der Waals surface area contributed by atoms with E-state index in [9.17, 15) is 4.79 Å². The summed E-state index contributed by atoms with van der Waals surface area (Å²) in [7, 11) is 0. The zero-order valence-corrected chi connectivity index (χ0v) is 6.14. The van der Waals surface area contributed by atoms with Crippen LogP contribution in [0, 0.1) is 0 Å². The van der Waals surface area contributed by atoms with Crippen LogP contribution in [0.5, 0.6) is 0 Å². The third-order valence-electron chi connectivity index (χ3n) is 0.762. The lowest BCUT2D eigenvalue weighted by Crippen LogP contribution is -1.84. The smallest absolute Gasteiger partial charge is 0.178 e. The van der Waals surface area contributed by atoms with Gasteiger partial charge in [-0.2, -0.15) is 0 Å². The molecule has 0 unspecified atom stereocenters. The highest BCUT2D eigenvalue weighted by Crippen LogP contribution is 1.89. The van der Waals surface area contributed by atoms with Gasteiger partial charge in [-0.1, -0.05) is 11.6 Å². The van der Waals surface area contributed by atoms with E-state index in [0.717, 1.165) is 5.57 Å². The number of hydrogen-bond acceptors (Lipinski definition) is 1. The third kappa shape index (κ3) is 5.01. The van der Waals surface area contributed by atoms with E-state index < -0.39 is 0 Å². The molecular weight excluding hydrogens is 112 g/mol. The largest absolute Gasteiger partial charge is 0.290 e. The van der Waals surface area contributed by atoms with Crippen molar-refractivity contribution in [3.63, 3.8) is 0 Å². The van der Waals surface area contributed by atoms with E-state index in [1.54, 1.807) is 18.2 Å². The van der Waals surface area contributed by atoms with E-state index in [0.29, 0.717) is 0 Å². The van der Waals surface area contributed by atoms with Crippen molar-refractivity contribution < 1.29 is 4.79 Å². The average Bonchev–Trinajstić information content (AvgIpc) is 1.63. The van der Waals surface area contributed by atoms with Gasteiger partial charge in [-0.05, 0) is 32.9 Å². The number of carbonyl (C=O) groups is 1. The molecule has 0 aromatic heterocycles. The summed E-state index contributed by atoms with van der Waals surface area (Å²) in [6, 6.07) is 0. The Bertz CT molecular complexity index is 148. The molecule has 9 heavy (non-hydrogen) atoms. The van der Waals surface area contributed by atoms with E-state index in [1.807, 2.05) is 20.8 Å². The van der Waals surface area contributed by atoms with E-state index >= 15 is 0 Å². The lowest BCUT2D eigenvalue weighted by molar-refractivity contribution is -0.110. The van der Waals surface area contributed by atoms with E-state index in [-0.39, 0.29) is 5.78 Å². The second-order valence-corrected chi connectivity index (χ2v) is 2.12. The number of rotatable bonds is 2. The van der Waals surface area contributed by atoms with Crippen LogP contribution in [0.15, 0.2) is 23.8 Å². The Morgan fingerprint density at radius 1 is 1.33 bits per heavy atom. The Morgan fingerprint density at radius 2 is 1.89 bits per heavy atom. The first-order chi connectivity index (χ1) is 4.16. The number of hydrogen-bond donors (Lipinski definition) is 0. The van der Waals surface area contributed by atoms with Gasteiger partial charge in [-0.3, -0.25) is 4.79 Å². The molecule has 0 heterocycles. The van der Waals surface area contributed by atoms with Crippen LogP contribution in [0.25, 0.3) is 0 Å². The zero-order valence-electron chi connectivity index (χ0n) is 6.14. The Hall–Kier alpha value is -0.850. The minimum Gasteiger partial charge on any atom is -0.290 e. The van der Waals surface area contributed by atoms with Crippen LogP contribution < -0.4 is 0 Å². The first-order valence-corrected chi connectivity index (χ1v) is 2.98. The summed E-state index contributed by atoms with van der Waals surface area (Å²) in [4.78, 5) is 10.7. The molecule has 0 bridgehead atoms. The van der Waals surface area contributed by atoms with Crippen molar-refractivity contribution in [2.75, 3.05) is 0 Å². The zero-order chi connectivity index (χ0) is 7.28. The molecule has 1 nitrogen and oxygen atoms in total. The topological polar surface area (TPSA) is 17.1 Å². The van der Waals surface area contributed by atoms with Crippen LogP contribution in [0.4, 0.5) is 0 Å². The van der Waals surface area contributed by atoms with Gasteiger partial charge in [0.25, 0.3) is 0 Å². The molecule has 0 N–H and O–H groups in total. The van der Waals surface area contributed by atoms with Gasteiger partial charge in [0.1, 0.15) is 0 Å². The number of allylic oxidation sites excluding steroid dienone is 4. The summed E-state index contributed by atoms with van der Waals surface area (Å²) in [6.45, 7) is 5.64. The Morgan fingerprint density at radius 3 is 2.22 bits per heavy atom. The third-order valence-corrected chi connectivity index (χ3v) is 0.762. The van der Waals surface area contributed by atoms with Crippen molar-refractivity contribution in [3.8, 4) is 0 Å². The average molecular weight is 124 g/mol. The highest BCUT2D eigenvalue weighted by molar-refractivity contribution is 5.99. The van der Waals surface area contributed by atoms with Crippen LogP contribution in [0.1, 0.15) is 20.8 Å². The highest BCUT2D eigenvalue weighted by Gasteiger charge is 1.85. The number of carbonyl (C=O) groups excluding carboxylic acids is 1. The molecule has 0 saturated carbocycles. The normalized spacial score (nSPS) is 9.67. The van der Waals surface area contributed by atoms with Crippen LogP contribution in [0.2, 0.25) is 0 Å². The maximum atomic E-state index is 10.7. The Labute approximate surface area is 56.1 Å². The van der Waals surface area contributed by atoms with Crippen LogP contribution in [-0.2, 0) is 4.79 Å². The van der Waals surface area contributed by atoms with E-state index in [2.05, 4.69) is 0 Å². The Kier molecular flexibility index (Phi) is 3.69. The summed E-state index contributed by atoms with van der Waals surface area (Å²) in [5.74, 6) is 0.0671. The number of ketones is 1. The molecule has 0 spiro atoms. The molecule has 0 aliphatic carbocycles. The molecule has 0 aliphatic heterocycles. The van der Waals surface area contributed by atoms with Gasteiger partial charge in [0.2, 0.25) is 0 Å². The second kappa shape index (κ2) is 4.07. The van der Waals surface area contributed by atoms with Gasteiger partial charge in [-0.15, -0.1) is 0 Å². The van der Waals surface area contributed by atoms with Crippen LogP contribution >= 0.6 is 0 Å². The maximum Gasteiger partial charge on any atom is 0.178 e. The standard InChI is InChI=1S/C8H12O/c1-4-5-8(9)6-7(2)3/h4-6H,1-3H3. The van der Waals surface area contributed by atoms with Gasteiger partial charge in [0, 0.05) is 0 Å². The molecule has 50 valence electrons. The quantitative estimate of drug-likeness (QED) is 0.515. The summed E-state index contributed by atoms with van der Waals surface area (Å²) >= 11 is 0. The molecule has 0 aromatic carbocycles. The molecule has 0 aliphatic rings. The minimum absolute atomic E-state index is 0.0671. The van der Waals surface area contributed by atoms with Crippen LogP contribution in [0.3, 0.4) is 0 Å². The fourth-order valence-corrected chi connectivity index (χ4v) is 0.497. The van der Waals surface area contributed by atoms with E-state index in [1.165, 1.54) is 0 Å². The molecule has 0 aromatic rings. The molecule has 0 fully saturated rings. The molecule has 1 heteroatoms. The molecule has 0 amide bonds. The van der Waals surface area contributed by atoms with Crippen molar-refractivity contribution in [1.82, 2.24) is 0 Å². The lowest BCUT2D eigenvalue weighted by Gasteiger charge is -1.83. The van der Waals surface area contributed by atoms with Crippen LogP contribution in [-0.4, -0.2) is 5.78 Å². The monoisotopic (exact) mass is 124 g/mol. The van der Waals surface area contributed by atoms with Crippen molar-refractivity contribution in [2.45, 2.75) is 20.8 Å². The SMILES string of the molecule is CC=CC(=O)C=C(C)C. The second-order valence-electron chi connectivity index (χ2n) is 2.12. The molecule has 0 saturated heterocycles. The van der Waals surface area contributed by atoms with Gasteiger partial charge >= 0.3 is 0 Å². The maximum absolute atomic E-state index is 10.7. The fraction of sp³-hybridized carbons (Fsp3) is 0.375. The predicted molar refractivity (Wildman–Crippen MR) is 39.3 cm³/mol. The molecule has 0 atom stereocenters. The van der Waals surface area contributed by atoms with Gasteiger partial charge in [0.05, 0.1) is 0 Å². The fourth-order valence-electron chi connectivity index (χ4n) is 0.497. The van der Waals surface area contributed by atoms with Crippen molar-refractivity contribution >= 4 is 5.78 Å². The summed E-state index contributed by atoms with van der Waals surface area (Å²) in [5.41, 5.74) is 1.04. The summed E-state index contributed by atoms with van der Waals surface area (Å²) < 4.78 is 0. The summed E-state index contributed by atoms with van der Waals surface area (Å²) in [5, 5.41) is 0. The minimum atomic E-state index is 0.0671. The van der Waals surface area contributed by atoms with Gasteiger partial charge < -0.3 is 0 Å². The first-order valence-electron chi connectivity index (χ1n) is 2.98. The molecule has 0 radical (unpaired) electrons. The first kappa shape index (κ1) is 8.15. The Balaban J connectivity index is 3.93. The van der Waals surface area contributed by atoms with Gasteiger partial charge in [-0.25, -0.2) is 0 Å². The lowest BCUT2D eigenvalue weighted by atomic mass is 10.2. The summed E-state index contributed by atoms with van der Waals surface area (Å²) in [6.07, 6.45) is 4.90. The van der Waals surface area contributed by atoms with Crippen molar-refractivity contribution in [3.05, 3.63) is 23.8 Å². The van der Waals surface area contributed by atoms with Crippen molar-refractivity contribution in [1.29, 1.82) is 0 Å². The van der Waals surface area contributed by atoms with E-state index in [4.69, 9.17) is 0 Å². The predicted octanol–water partition coefficient (Wildman–Crippen LogP) is 2.10. The molecule has 0 rings (SSSR count).